The molecule has 0 radical (unpaired) electrons. The molecule has 0 N–H and O–H groups in total. The van der Waals surface area contributed by atoms with Crippen LogP contribution in [0, 0.1) is 5.82 Å². The maximum absolute atomic E-state index is 13.9. The summed E-state index contributed by atoms with van der Waals surface area (Å²) in [7, 11) is 0. The second-order valence-corrected chi connectivity index (χ2v) is 8.12. The molecule has 0 spiro atoms. The largest absolute Gasteiger partial charge is 0.490 e. The van der Waals surface area contributed by atoms with Crippen molar-refractivity contribution in [1.29, 1.82) is 0 Å². The van der Waals surface area contributed by atoms with E-state index in [0.29, 0.717) is 35.2 Å². The fraction of sp³-hybridized carbons (Fsp3) is 0.261. The van der Waals surface area contributed by atoms with Crippen molar-refractivity contribution in [2.24, 2.45) is 0 Å². The van der Waals surface area contributed by atoms with Crippen molar-refractivity contribution in [3.8, 4) is 11.5 Å². The second kappa shape index (κ2) is 11.2. The molecule has 33 heavy (non-hydrogen) atoms. The van der Waals surface area contributed by atoms with Gasteiger partial charge in [0.2, 0.25) is 0 Å². The van der Waals surface area contributed by atoms with Crippen LogP contribution in [0.2, 0.25) is 5.02 Å². The topological polar surface area (TPSA) is 82.1 Å². The average molecular weight is 494 g/mol. The Morgan fingerprint density at radius 1 is 1.15 bits per heavy atom. The molecule has 1 fully saturated rings. The lowest BCUT2D eigenvalue weighted by atomic mass is 10.1. The summed E-state index contributed by atoms with van der Waals surface area (Å²) >= 11 is 7.11. The third-order valence-electron chi connectivity index (χ3n) is 4.43. The zero-order valence-electron chi connectivity index (χ0n) is 17.9. The normalized spacial score (nSPS) is 14.7. The van der Waals surface area contributed by atoms with Gasteiger partial charge in [0.05, 0.1) is 23.1 Å². The average Bonchev–Trinajstić information content (AvgIpc) is 3.02. The van der Waals surface area contributed by atoms with Crippen LogP contribution in [0.25, 0.3) is 6.08 Å². The number of rotatable bonds is 9. The third-order valence-corrected chi connectivity index (χ3v) is 5.61. The Labute approximate surface area is 199 Å². The van der Waals surface area contributed by atoms with Gasteiger partial charge in [-0.2, -0.15) is 0 Å². The van der Waals surface area contributed by atoms with Crippen molar-refractivity contribution in [2.75, 3.05) is 19.8 Å². The fourth-order valence-electron chi connectivity index (χ4n) is 2.96. The minimum absolute atomic E-state index is 0.0570. The number of carbonyl (C=O) groups is 3. The monoisotopic (exact) mass is 493 g/mol. The molecule has 0 unspecified atom stereocenters. The number of ether oxygens (including phenoxy) is 3. The van der Waals surface area contributed by atoms with E-state index in [1.165, 1.54) is 12.1 Å². The third kappa shape index (κ3) is 6.06. The molecule has 1 heterocycles. The molecule has 2 aromatic carbocycles. The molecule has 3 rings (SSSR count). The van der Waals surface area contributed by atoms with Gasteiger partial charge in [0.15, 0.2) is 11.5 Å². The summed E-state index contributed by atoms with van der Waals surface area (Å²) in [5, 5.41) is -0.380. The number of esters is 1. The van der Waals surface area contributed by atoms with Crippen LogP contribution in [0.3, 0.4) is 0 Å². The molecule has 174 valence electrons. The van der Waals surface area contributed by atoms with Crippen molar-refractivity contribution in [1.82, 2.24) is 4.90 Å². The zero-order chi connectivity index (χ0) is 24.0. The highest BCUT2D eigenvalue weighted by Crippen LogP contribution is 2.39. The summed E-state index contributed by atoms with van der Waals surface area (Å²) in [6.45, 7) is 3.36. The van der Waals surface area contributed by atoms with E-state index in [4.69, 9.17) is 25.8 Å². The lowest BCUT2D eigenvalue weighted by molar-refractivity contribution is -0.145. The number of hydrogen-bond acceptors (Lipinski definition) is 7. The van der Waals surface area contributed by atoms with Gasteiger partial charge in [0.1, 0.15) is 19.0 Å². The molecule has 7 nitrogen and oxygen atoms in total. The minimum Gasteiger partial charge on any atom is -0.490 e. The molecule has 1 aliphatic heterocycles. The summed E-state index contributed by atoms with van der Waals surface area (Å²) < 4.78 is 30.1. The van der Waals surface area contributed by atoms with Gasteiger partial charge >= 0.3 is 5.97 Å². The Kier molecular flexibility index (Phi) is 8.35. The number of benzene rings is 2. The smallest absolute Gasteiger partial charge is 0.326 e. The number of imide groups is 1. The second-order valence-electron chi connectivity index (χ2n) is 6.72. The Morgan fingerprint density at radius 3 is 2.61 bits per heavy atom. The predicted molar refractivity (Wildman–Crippen MR) is 123 cm³/mol. The van der Waals surface area contributed by atoms with E-state index in [0.717, 1.165) is 4.90 Å². The molecule has 0 atom stereocenters. The van der Waals surface area contributed by atoms with E-state index >= 15 is 0 Å². The first kappa shape index (κ1) is 24.6. The van der Waals surface area contributed by atoms with E-state index < -0.39 is 29.5 Å². The molecular weight excluding hydrogens is 473 g/mol. The number of nitrogens with zero attached hydrogens (tertiary/aromatic N) is 1. The minimum atomic E-state index is -0.668. The predicted octanol–water partition coefficient (Wildman–Crippen LogP) is 5.06. The molecule has 0 aliphatic carbocycles. The highest BCUT2D eigenvalue weighted by atomic mass is 35.5. The van der Waals surface area contributed by atoms with Gasteiger partial charge in [0.25, 0.3) is 11.1 Å². The van der Waals surface area contributed by atoms with Crippen LogP contribution in [-0.4, -0.2) is 41.8 Å². The lowest BCUT2D eigenvalue weighted by Gasteiger charge is -2.15. The number of hydrogen-bond donors (Lipinski definition) is 0. The van der Waals surface area contributed by atoms with Gasteiger partial charge in [-0.1, -0.05) is 29.8 Å². The van der Waals surface area contributed by atoms with Gasteiger partial charge < -0.3 is 14.2 Å². The molecule has 0 aromatic heterocycles. The summed E-state index contributed by atoms with van der Waals surface area (Å²) in [6.07, 6.45) is 1.48. The number of amides is 2. The van der Waals surface area contributed by atoms with Gasteiger partial charge in [-0.3, -0.25) is 19.3 Å². The van der Waals surface area contributed by atoms with Gasteiger partial charge in [0, 0.05) is 5.56 Å². The van der Waals surface area contributed by atoms with E-state index in [9.17, 15) is 18.8 Å². The van der Waals surface area contributed by atoms with Crippen molar-refractivity contribution >= 4 is 46.6 Å². The molecule has 0 bridgehead atoms. The highest BCUT2D eigenvalue weighted by molar-refractivity contribution is 8.18. The summed E-state index contributed by atoms with van der Waals surface area (Å²) in [6, 6.07) is 9.36. The van der Waals surface area contributed by atoms with Gasteiger partial charge in [-0.05, 0) is 55.4 Å². The molecule has 1 aliphatic rings. The molecule has 2 amide bonds. The van der Waals surface area contributed by atoms with Crippen LogP contribution in [0.15, 0.2) is 41.3 Å². The first-order chi connectivity index (χ1) is 15.8. The van der Waals surface area contributed by atoms with Gasteiger partial charge in [-0.15, -0.1) is 0 Å². The fourth-order valence-corrected chi connectivity index (χ4v) is 4.08. The lowest BCUT2D eigenvalue weighted by Crippen LogP contribution is -2.34. The standard InChI is InChI=1S/C23H21ClFNO6S/c1-3-30-18-10-14(9-16(24)21(18)32-13-15-7-5-6-8-17(15)25)11-19-22(28)26(23(29)33-19)12-20(27)31-4-2/h5-11H,3-4,12-13H2,1-2H3/b19-11+. The van der Waals surface area contributed by atoms with Crippen molar-refractivity contribution < 1.29 is 33.0 Å². The van der Waals surface area contributed by atoms with Crippen LogP contribution in [-0.2, 0) is 20.9 Å². The van der Waals surface area contributed by atoms with Crippen LogP contribution in [0.5, 0.6) is 11.5 Å². The first-order valence-corrected chi connectivity index (χ1v) is 11.3. The SMILES string of the molecule is CCOC(=O)CN1C(=O)S/C(=C/c2cc(Cl)c(OCc3ccccc3F)c(OCC)c2)C1=O. The zero-order valence-corrected chi connectivity index (χ0v) is 19.5. The molecule has 2 aromatic rings. The number of carbonyl (C=O) groups excluding carboxylic acids is 3. The van der Waals surface area contributed by atoms with Crippen LogP contribution >= 0.6 is 23.4 Å². The highest BCUT2D eigenvalue weighted by Gasteiger charge is 2.36. The molecule has 0 saturated carbocycles. The van der Waals surface area contributed by atoms with E-state index in [1.54, 1.807) is 44.2 Å². The summed E-state index contributed by atoms with van der Waals surface area (Å²) in [5.74, 6) is -1.14. The Morgan fingerprint density at radius 2 is 1.91 bits per heavy atom. The van der Waals surface area contributed by atoms with Crippen molar-refractivity contribution in [2.45, 2.75) is 20.5 Å². The molecular formula is C23H21ClFNO6S. The Balaban J connectivity index is 1.83. The molecule has 10 heteroatoms. The van der Waals surface area contributed by atoms with Crippen LogP contribution in [0.1, 0.15) is 25.0 Å². The summed E-state index contributed by atoms with van der Waals surface area (Å²) in [4.78, 5) is 37.4. The van der Waals surface area contributed by atoms with Crippen molar-refractivity contribution in [3.05, 3.63) is 63.3 Å². The maximum Gasteiger partial charge on any atom is 0.326 e. The van der Waals surface area contributed by atoms with E-state index in [2.05, 4.69) is 0 Å². The van der Waals surface area contributed by atoms with E-state index in [-0.39, 0.29) is 28.9 Å². The quantitative estimate of drug-likeness (QED) is 0.357. The van der Waals surface area contributed by atoms with Crippen LogP contribution < -0.4 is 9.47 Å². The van der Waals surface area contributed by atoms with E-state index in [1.807, 2.05) is 0 Å². The summed E-state index contributed by atoms with van der Waals surface area (Å²) in [5.41, 5.74) is 0.846. The van der Waals surface area contributed by atoms with Crippen LogP contribution in [0.4, 0.5) is 9.18 Å². The number of halogens is 2. The Hall–Kier alpha value is -3.04. The Bertz CT molecular complexity index is 1110. The van der Waals surface area contributed by atoms with Crippen molar-refractivity contribution in [3.63, 3.8) is 0 Å². The number of thioether (sulfide) groups is 1. The van der Waals surface area contributed by atoms with Gasteiger partial charge in [-0.25, -0.2) is 4.39 Å². The molecule has 1 saturated heterocycles. The maximum atomic E-state index is 13.9. The first-order valence-electron chi connectivity index (χ1n) is 10.1.